The Morgan fingerprint density at radius 1 is 0.860 bits per heavy atom. The number of esters is 2. The number of carbonyl (C=O) groups is 4. The van der Waals surface area contributed by atoms with E-state index in [-0.39, 0.29) is 44.8 Å². The topological polar surface area (TPSA) is 222 Å². The van der Waals surface area contributed by atoms with E-state index >= 15 is 0 Å². The van der Waals surface area contributed by atoms with Crippen molar-refractivity contribution >= 4 is 23.9 Å². The van der Waals surface area contributed by atoms with Crippen LogP contribution in [-0.2, 0) is 42.8 Å². The lowest BCUT2D eigenvalue weighted by Crippen LogP contribution is -2.51. The van der Waals surface area contributed by atoms with Gasteiger partial charge in [-0.3, -0.25) is 14.4 Å². The summed E-state index contributed by atoms with van der Waals surface area (Å²) in [4.78, 5) is 47.4. The summed E-state index contributed by atoms with van der Waals surface area (Å²) in [6, 6.07) is -0.770. The van der Waals surface area contributed by atoms with Gasteiger partial charge in [0.05, 0.1) is 36.4 Å². The van der Waals surface area contributed by atoms with Crippen LogP contribution >= 0.6 is 0 Å². The molecule has 43 heavy (non-hydrogen) atoms. The summed E-state index contributed by atoms with van der Waals surface area (Å²) in [6.07, 6.45) is -6.15. The summed E-state index contributed by atoms with van der Waals surface area (Å²) in [5.41, 5.74) is 5.06. The summed E-state index contributed by atoms with van der Waals surface area (Å²) >= 11 is 0. The van der Waals surface area contributed by atoms with Crippen LogP contribution in [-0.4, -0.2) is 107 Å². The van der Waals surface area contributed by atoms with E-state index in [2.05, 4.69) is 5.32 Å². The molecule has 2 aliphatic heterocycles. The highest BCUT2D eigenvalue weighted by Gasteiger charge is 2.42. The minimum Gasteiger partial charge on any atom is -0.481 e. The molecule has 0 aromatic rings. The number of aliphatic carboxylic acids is 1. The first-order valence-corrected chi connectivity index (χ1v) is 14.8. The fraction of sp³-hybridized carbons (Fsp3) is 0.857. The number of carboxylic acid groups (broad SMARTS) is 1. The number of amides is 2. The summed E-state index contributed by atoms with van der Waals surface area (Å²) in [5.74, 6) is -2.81. The second kappa shape index (κ2) is 17.7. The van der Waals surface area contributed by atoms with Gasteiger partial charge in [0, 0.05) is 32.2 Å². The van der Waals surface area contributed by atoms with Gasteiger partial charge in [-0.25, -0.2) is 4.79 Å². The molecule has 2 heterocycles. The van der Waals surface area contributed by atoms with Gasteiger partial charge < -0.3 is 54.8 Å². The number of aliphatic hydroxyl groups is 2. The molecule has 2 aliphatic rings. The quantitative estimate of drug-likeness (QED) is 0.152. The Hall–Kier alpha value is -2.56. The molecule has 2 amide bonds. The molecule has 0 aromatic carbocycles. The summed E-state index contributed by atoms with van der Waals surface area (Å²) < 4.78 is 34.4. The molecular weight excluding hydrogens is 572 g/mol. The fourth-order valence-electron chi connectivity index (χ4n) is 4.64. The first-order valence-electron chi connectivity index (χ1n) is 14.8. The maximum absolute atomic E-state index is 12.8. The monoisotopic (exact) mass is 620 g/mol. The van der Waals surface area contributed by atoms with Crippen LogP contribution in [0.4, 0.5) is 4.79 Å². The minimum absolute atomic E-state index is 0.0175. The Morgan fingerprint density at radius 2 is 1.49 bits per heavy atom. The third kappa shape index (κ3) is 12.9. The van der Waals surface area contributed by atoms with E-state index in [9.17, 15) is 29.4 Å². The van der Waals surface area contributed by atoms with E-state index in [1.807, 2.05) is 0 Å². The van der Waals surface area contributed by atoms with Crippen LogP contribution < -0.4 is 11.1 Å². The van der Waals surface area contributed by atoms with Gasteiger partial charge in [0.1, 0.15) is 12.2 Å². The number of hydrogen-bond donors (Lipinski definition) is 5. The van der Waals surface area contributed by atoms with Crippen molar-refractivity contribution < 1.29 is 62.9 Å². The lowest BCUT2D eigenvalue weighted by molar-refractivity contribution is -0.281. The smallest absolute Gasteiger partial charge is 0.312 e. The maximum atomic E-state index is 12.8. The SMILES string of the molecule is CC1O[C@@H](O[C@H](C)CCCC(=O)OC2C[C@@H](OC(=O)[C@H](C)CNC(N)=O)C(C)O[C@H]2O[C@H](C)CCC(=O)O)[C@@H](O)C[C@H]1O. The second-order valence-corrected chi connectivity index (χ2v) is 11.4. The van der Waals surface area contributed by atoms with Gasteiger partial charge in [0.15, 0.2) is 18.7 Å². The maximum Gasteiger partial charge on any atom is 0.312 e. The summed E-state index contributed by atoms with van der Waals surface area (Å²) in [6.45, 7) is 8.39. The van der Waals surface area contributed by atoms with Gasteiger partial charge >= 0.3 is 23.9 Å². The molecule has 11 atom stereocenters. The van der Waals surface area contributed by atoms with Crippen LogP contribution in [0.25, 0.3) is 0 Å². The number of rotatable bonds is 16. The lowest BCUT2D eigenvalue weighted by atomic mass is 10.0. The van der Waals surface area contributed by atoms with Crippen molar-refractivity contribution in [1.82, 2.24) is 5.32 Å². The standard InChI is InChI=1S/C28H48N2O13/c1-14(13-30-28(29)37)25(36)43-21-12-22(27(41-18(21)5)39-16(3)9-10-23(33)34)42-24(35)8-6-7-15(2)38-26-20(32)11-19(31)17(4)40-26/h14-22,26-27,31-32H,6-13H2,1-5H3,(H,33,34)(H3,29,30,37)/t14-,15-,16-,17?,18?,19-,20+,21-,22?,26-,27-/m1/s1. The predicted octanol–water partition coefficient (Wildman–Crippen LogP) is 0.951. The first kappa shape index (κ1) is 36.6. The number of primary amides is 1. The van der Waals surface area contributed by atoms with Gasteiger partial charge in [-0.15, -0.1) is 0 Å². The van der Waals surface area contributed by atoms with Crippen LogP contribution in [0.5, 0.6) is 0 Å². The normalized spacial score (nSPS) is 31.3. The zero-order chi connectivity index (χ0) is 32.3. The molecule has 15 heteroatoms. The van der Waals surface area contributed by atoms with Gasteiger partial charge in [0.2, 0.25) is 0 Å². The highest BCUT2D eigenvalue weighted by molar-refractivity contribution is 5.75. The third-order valence-corrected chi connectivity index (χ3v) is 7.35. The molecule has 15 nitrogen and oxygen atoms in total. The number of hydrogen-bond acceptors (Lipinski definition) is 12. The lowest BCUT2D eigenvalue weighted by Gasteiger charge is -2.40. The Morgan fingerprint density at radius 3 is 2.14 bits per heavy atom. The number of carbonyl (C=O) groups excluding carboxylic acids is 3. The zero-order valence-electron chi connectivity index (χ0n) is 25.5. The highest BCUT2D eigenvalue weighted by Crippen LogP contribution is 2.29. The van der Waals surface area contributed by atoms with Gasteiger partial charge in [-0.1, -0.05) is 6.92 Å². The molecule has 0 spiro atoms. The van der Waals surface area contributed by atoms with E-state index in [1.165, 1.54) is 0 Å². The van der Waals surface area contributed by atoms with E-state index in [0.717, 1.165) is 0 Å². The molecule has 0 bridgehead atoms. The number of nitrogens with one attached hydrogen (secondary N) is 1. The highest BCUT2D eigenvalue weighted by atomic mass is 16.7. The molecule has 6 N–H and O–H groups in total. The molecular formula is C28H48N2O13. The van der Waals surface area contributed by atoms with Crippen molar-refractivity contribution in [2.75, 3.05) is 6.54 Å². The molecule has 0 aliphatic carbocycles. The average Bonchev–Trinajstić information content (AvgIpc) is 2.91. The zero-order valence-corrected chi connectivity index (χ0v) is 25.5. The molecule has 0 saturated carbocycles. The molecule has 3 unspecified atom stereocenters. The number of urea groups is 1. The van der Waals surface area contributed by atoms with E-state index in [1.54, 1.807) is 34.6 Å². The summed E-state index contributed by atoms with van der Waals surface area (Å²) in [5, 5.41) is 31.3. The van der Waals surface area contributed by atoms with Crippen LogP contribution in [0.2, 0.25) is 0 Å². The Kier molecular flexibility index (Phi) is 15.0. The van der Waals surface area contributed by atoms with Gasteiger partial charge in [-0.2, -0.15) is 0 Å². The van der Waals surface area contributed by atoms with Crippen molar-refractivity contribution in [3.8, 4) is 0 Å². The molecule has 0 aromatic heterocycles. The largest absolute Gasteiger partial charge is 0.481 e. The van der Waals surface area contributed by atoms with Gasteiger partial charge in [-0.05, 0) is 47.0 Å². The van der Waals surface area contributed by atoms with Crippen LogP contribution in [0.15, 0.2) is 0 Å². The number of nitrogens with two attached hydrogens (primary N) is 1. The number of aliphatic hydroxyl groups excluding tert-OH is 2. The van der Waals surface area contributed by atoms with Crippen molar-refractivity contribution in [2.24, 2.45) is 11.7 Å². The van der Waals surface area contributed by atoms with Crippen molar-refractivity contribution in [1.29, 1.82) is 0 Å². The van der Waals surface area contributed by atoms with Crippen molar-refractivity contribution in [3.05, 3.63) is 0 Å². The number of carboxylic acids is 1. The summed E-state index contributed by atoms with van der Waals surface area (Å²) in [7, 11) is 0. The molecule has 2 saturated heterocycles. The average molecular weight is 621 g/mol. The van der Waals surface area contributed by atoms with Crippen LogP contribution in [0.1, 0.15) is 79.6 Å². The van der Waals surface area contributed by atoms with Crippen LogP contribution in [0, 0.1) is 5.92 Å². The first-order chi connectivity index (χ1) is 20.2. The fourth-order valence-corrected chi connectivity index (χ4v) is 4.64. The Balaban J connectivity index is 1.94. The second-order valence-electron chi connectivity index (χ2n) is 11.4. The molecule has 2 fully saturated rings. The number of ether oxygens (including phenoxy) is 6. The van der Waals surface area contributed by atoms with E-state index < -0.39 is 85.2 Å². The predicted molar refractivity (Wildman–Crippen MR) is 148 cm³/mol. The van der Waals surface area contributed by atoms with E-state index in [0.29, 0.717) is 12.8 Å². The van der Waals surface area contributed by atoms with Crippen molar-refractivity contribution in [3.63, 3.8) is 0 Å². The molecule has 0 radical (unpaired) electrons. The third-order valence-electron chi connectivity index (χ3n) is 7.35. The van der Waals surface area contributed by atoms with Crippen molar-refractivity contribution in [2.45, 2.75) is 141 Å². The van der Waals surface area contributed by atoms with E-state index in [4.69, 9.17) is 39.3 Å². The Bertz CT molecular complexity index is 921. The minimum atomic E-state index is -1.02. The van der Waals surface area contributed by atoms with Crippen LogP contribution in [0.3, 0.4) is 0 Å². The molecule has 248 valence electrons. The Labute approximate surface area is 251 Å². The molecule has 2 rings (SSSR count). The van der Waals surface area contributed by atoms with Gasteiger partial charge in [0.25, 0.3) is 0 Å².